The summed E-state index contributed by atoms with van der Waals surface area (Å²) in [5.41, 5.74) is 0.115. The Bertz CT molecular complexity index is 1890. The molecule has 2 aromatic carbocycles. The topological polar surface area (TPSA) is 156 Å². The third-order valence-corrected chi connectivity index (χ3v) is 13.5. The van der Waals surface area contributed by atoms with Crippen LogP contribution in [0.25, 0.3) is 0 Å². The number of hydrogen-bond donors (Lipinski definition) is 3. The Labute approximate surface area is 345 Å². The average molecular weight is 824 g/mol. The molecule has 10 atom stereocenters. The lowest BCUT2D eigenvalue weighted by Crippen LogP contribution is -2.66. The third-order valence-electron chi connectivity index (χ3n) is 13.2. The predicted octanol–water partition coefficient (Wildman–Crippen LogP) is 5.29. The van der Waals surface area contributed by atoms with Gasteiger partial charge in [0.25, 0.3) is 0 Å². The summed E-state index contributed by atoms with van der Waals surface area (Å²) in [6.45, 7) is 12.5. The lowest BCUT2D eigenvalue weighted by molar-refractivity contribution is -0.225. The van der Waals surface area contributed by atoms with Gasteiger partial charge in [-0.15, -0.1) is 0 Å². The highest BCUT2D eigenvalue weighted by Crippen LogP contribution is 2.53. The second kappa shape index (κ2) is 17.2. The van der Waals surface area contributed by atoms with Gasteiger partial charge in [0.2, 0.25) is 0 Å². The molecule has 0 radical (unpaired) electrons. The molecular formula is C44H58ClN3O10. The molecule has 316 valence electrons. The van der Waals surface area contributed by atoms with Crippen molar-refractivity contribution in [2.75, 3.05) is 38.4 Å². The van der Waals surface area contributed by atoms with Crippen LogP contribution in [0.4, 0.5) is 5.69 Å². The first-order valence-corrected chi connectivity index (χ1v) is 21.1. The smallest absolute Gasteiger partial charge is 0.338 e. The summed E-state index contributed by atoms with van der Waals surface area (Å²) in [5.74, 6) is -1.95. The lowest BCUT2D eigenvalue weighted by Gasteiger charge is -2.56. The Morgan fingerprint density at radius 1 is 1.07 bits per heavy atom. The minimum Gasteiger partial charge on any atom is -0.462 e. The van der Waals surface area contributed by atoms with E-state index >= 15 is 0 Å². The van der Waals surface area contributed by atoms with Crippen molar-refractivity contribution in [1.82, 2.24) is 10.2 Å². The van der Waals surface area contributed by atoms with Gasteiger partial charge in [-0.25, -0.2) is 4.79 Å². The Balaban J connectivity index is 1.02. The van der Waals surface area contributed by atoms with Crippen LogP contribution >= 0.6 is 11.6 Å². The number of ether oxygens (including phenoxy) is 4. The minimum absolute atomic E-state index is 0.0566. The van der Waals surface area contributed by atoms with Crippen LogP contribution < -0.4 is 10.4 Å². The largest absolute Gasteiger partial charge is 0.462 e. The van der Waals surface area contributed by atoms with Crippen LogP contribution in [0.5, 0.6) is 0 Å². The van der Waals surface area contributed by atoms with Gasteiger partial charge >= 0.3 is 17.9 Å². The molecule has 2 aromatic rings. The molecule has 2 aliphatic carbocycles. The molecule has 58 heavy (non-hydrogen) atoms. The van der Waals surface area contributed by atoms with Crippen LogP contribution in [0.1, 0.15) is 88.2 Å². The summed E-state index contributed by atoms with van der Waals surface area (Å²) >= 11 is 6.49. The summed E-state index contributed by atoms with van der Waals surface area (Å²) in [5, 5.41) is 29.9. The Kier molecular flexibility index (Phi) is 12.6. The van der Waals surface area contributed by atoms with Crippen molar-refractivity contribution in [3.05, 3.63) is 75.8 Å². The molecule has 2 saturated heterocycles. The highest BCUT2D eigenvalue weighted by atomic mass is 35.5. The summed E-state index contributed by atoms with van der Waals surface area (Å²) in [6, 6.07) is 11.6. The van der Waals surface area contributed by atoms with Crippen molar-refractivity contribution in [2.45, 2.75) is 115 Å². The maximum atomic E-state index is 14.2. The van der Waals surface area contributed by atoms with Crippen molar-refractivity contribution in [3.8, 4) is 0 Å². The van der Waals surface area contributed by atoms with Crippen molar-refractivity contribution >= 4 is 35.2 Å². The van der Waals surface area contributed by atoms with E-state index in [1.54, 1.807) is 38.2 Å². The molecule has 3 aliphatic heterocycles. The molecule has 5 aliphatic rings. The van der Waals surface area contributed by atoms with Crippen LogP contribution in [-0.4, -0.2) is 102 Å². The van der Waals surface area contributed by atoms with Crippen LogP contribution in [-0.2, 0) is 45.6 Å². The number of para-hydroxylation sites is 1. The van der Waals surface area contributed by atoms with Crippen molar-refractivity contribution < 1.29 is 48.4 Å². The Morgan fingerprint density at radius 3 is 2.53 bits per heavy atom. The van der Waals surface area contributed by atoms with E-state index in [9.17, 15) is 24.6 Å². The molecule has 3 N–H and O–H groups in total. The van der Waals surface area contributed by atoms with Gasteiger partial charge in [-0.3, -0.25) is 24.8 Å². The number of carbonyl (C=O) groups excluding carboxylic acids is 3. The molecule has 3 heterocycles. The van der Waals surface area contributed by atoms with Gasteiger partial charge in [-0.05, 0) is 86.6 Å². The number of halogens is 1. The Morgan fingerprint density at radius 2 is 1.81 bits per heavy atom. The number of rotatable bonds is 11. The molecule has 7 rings (SSSR count). The molecule has 1 unspecified atom stereocenters. The molecule has 3 fully saturated rings. The maximum Gasteiger partial charge on any atom is 0.338 e. The second-order valence-corrected chi connectivity index (χ2v) is 17.4. The van der Waals surface area contributed by atoms with Crippen LogP contribution in [0.15, 0.2) is 54.1 Å². The van der Waals surface area contributed by atoms with E-state index in [-0.39, 0.29) is 42.2 Å². The van der Waals surface area contributed by atoms with E-state index in [0.717, 1.165) is 50.0 Å². The standard InChI is InChI=1S/C44H58ClN3O10/c1-7-54-40(50)30-11-8-10-29(21-30)24-55-31-16-18-48(19-17-31)23-26(3)32-15-14-27(4)44(53)34(32)20-25(2)38(56-28(5)49)39(44)57-41(51)36-22-43(52)33-12-9-13-35(45)37(33)47(6)58-42(43)46-36/h8-13,20-21,26-27,31-32,34,36,38-39,42,46,52-53H,7,14-19,22-24H2,1-6H3/t26?,27-,32+,34-,36+,38-,39+,42-,43-,44-/m1/s1. The van der Waals surface area contributed by atoms with E-state index in [1.165, 1.54) is 12.0 Å². The Hall–Kier alpha value is -3.56. The van der Waals surface area contributed by atoms with Crippen molar-refractivity contribution in [2.24, 2.45) is 23.7 Å². The maximum absolute atomic E-state index is 14.2. The van der Waals surface area contributed by atoms with Gasteiger partial charge in [0.15, 0.2) is 18.4 Å². The number of nitrogens with zero attached hydrogens (tertiary/aromatic N) is 2. The quantitative estimate of drug-likeness (QED) is 0.153. The third kappa shape index (κ3) is 8.16. The first-order valence-electron chi connectivity index (χ1n) is 20.7. The molecule has 14 heteroatoms. The van der Waals surface area contributed by atoms with E-state index in [4.69, 9.17) is 35.4 Å². The van der Waals surface area contributed by atoms with Crippen molar-refractivity contribution in [3.63, 3.8) is 0 Å². The summed E-state index contributed by atoms with van der Waals surface area (Å²) in [6.07, 6.45) is 2.31. The number of piperidine rings is 1. The zero-order valence-electron chi connectivity index (χ0n) is 34.3. The number of aliphatic hydroxyl groups is 2. The van der Waals surface area contributed by atoms with E-state index in [1.807, 2.05) is 38.1 Å². The van der Waals surface area contributed by atoms with Gasteiger partial charge < -0.3 is 34.1 Å². The van der Waals surface area contributed by atoms with Crippen LogP contribution in [0.3, 0.4) is 0 Å². The number of hydrogen-bond acceptors (Lipinski definition) is 13. The first kappa shape index (κ1) is 42.6. The number of hydroxylamine groups is 1. The molecular weight excluding hydrogens is 766 g/mol. The summed E-state index contributed by atoms with van der Waals surface area (Å²) < 4.78 is 23.6. The molecule has 0 bridgehead atoms. The van der Waals surface area contributed by atoms with Gasteiger partial charge in [0.05, 0.1) is 35.6 Å². The number of anilines is 1. The predicted molar refractivity (Wildman–Crippen MR) is 215 cm³/mol. The molecule has 0 amide bonds. The number of benzene rings is 2. The zero-order chi connectivity index (χ0) is 41.5. The van der Waals surface area contributed by atoms with Gasteiger partial charge in [0.1, 0.15) is 17.2 Å². The number of esters is 3. The average Bonchev–Trinajstić information content (AvgIpc) is 3.54. The van der Waals surface area contributed by atoms with E-state index < -0.39 is 47.6 Å². The fraction of sp³-hybridized carbons (Fsp3) is 0.614. The first-order chi connectivity index (χ1) is 27.6. The number of nitrogens with one attached hydrogen (secondary N) is 1. The second-order valence-electron chi connectivity index (χ2n) is 17.0. The van der Waals surface area contributed by atoms with Crippen LogP contribution in [0, 0.1) is 23.7 Å². The van der Waals surface area contributed by atoms with Gasteiger partial charge in [-0.1, -0.05) is 55.8 Å². The highest BCUT2D eigenvalue weighted by Gasteiger charge is 2.62. The fourth-order valence-corrected chi connectivity index (χ4v) is 10.5. The molecule has 1 saturated carbocycles. The van der Waals surface area contributed by atoms with Crippen LogP contribution in [0.2, 0.25) is 5.02 Å². The fourth-order valence-electron chi connectivity index (χ4n) is 10.2. The minimum atomic E-state index is -1.58. The monoisotopic (exact) mass is 823 g/mol. The van der Waals surface area contributed by atoms with Gasteiger partial charge in [0, 0.05) is 51.5 Å². The summed E-state index contributed by atoms with van der Waals surface area (Å²) in [7, 11) is 1.69. The number of fused-ring (bicyclic) bond motifs is 4. The van der Waals surface area contributed by atoms with Gasteiger partial charge in [-0.2, -0.15) is 0 Å². The number of carbonyl (C=O) groups is 3. The highest BCUT2D eigenvalue weighted by molar-refractivity contribution is 6.33. The summed E-state index contributed by atoms with van der Waals surface area (Å²) in [4.78, 5) is 47.3. The molecule has 13 nitrogen and oxygen atoms in total. The van der Waals surface area contributed by atoms with E-state index in [0.29, 0.717) is 41.5 Å². The molecule has 0 aromatic heterocycles. The zero-order valence-corrected chi connectivity index (χ0v) is 35.1. The molecule has 0 spiro atoms. The van der Waals surface area contributed by atoms with E-state index in [2.05, 4.69) is 17.1 Å². The SMILES string of the molecule is CCOC(=O)c1cccc(COC2CCN(CC(C)[C@@H]3CC[C@@H](C)[C@@]4(O)[C@@H]3C=C(C)[C@@H](OC(C)=O)[C@@H]4OC(=O)[C@@H]3C[C@@]4(O)c5cccc(Cl)c5N(C)O[C@H]4N3)CC2)c1. The normalized spacial score (nSPS) is 32.9. The lowest BCUT2D eigenvalue weighted by atomic mass is 9.55. The number of likely N-dealkylation sites (tertiary alicyclic amines) is 1. The van der Waals surface area contributed by atoms with Crippen molar-refractivity contribution in [1.29, 1.82) is 0 Å².